The molecule has 0 heterocycles. The third-order valence-electron chi connectivity index (χ3n) is 3.49. The van der Waals surface area contributed by atoms with E-state index in [0.717, 1.165) is 51.4 Å². The highest BCUT2D eigenvalue weighted by atomic mass is 16.5. The molecule has 0 aromatic rings. The molecule has 0 aliphatic carbocycles. The molecule has 0 amide bonds. The van der Waals surface area contributed by atoms with Crippen molar-refractivity contribution in [3.63, 3.8) is 0 Å². The summed E-state index contributed by atoms with van der Waals surface area (Å²) in [6, 6.07) is 0. The highest BCUT2D eigenvalue weighted by Gasteiger charge is 1.96. The van der Waals surface area contributed by atoms with E-state index in [2.05, 4.69) is 53.3 Å². The maximum atomic E-state index is 10.9. The number of hydrogen-bond acceptors (Lipinski definition) is 3. The van der Waals surface area contributed by atoms with E-state index in [1.54, 1.807) is 0 Å². The molecule has 0 spiro atoms. The monoisotopic (exact) mass is 334 g/mol. The molecule has 0 radical (unpaired) electrons. The molecular formula is C21H34O3. The number of unbranched alkanes of at least 4 members (excludes halogenated alkanes) is 4. The molecule has 0 saturated heterocycles. The van der Waals surface area contributed by atoms with Crippen LogP contribution in [0.1, 0.15) is 64.2 Å². The van der Waals surface area contributed by atoms with E-state index in [0.29, 0.717) is 13.0 Å². The van der Waals surface area contributed by atoms with Crippen molar-refractivity contribution in [3.8, 4) is 0 Å². The number of methoxy groups -OCH3 is 1. The summed E-state index contributed by atoms with van der Waals surface area (Å²) in [5.74, 6) is -0.133. The Bertz CT molecular complexity index is 392. The fourth-order valence-electron chi connectivity index (χ4n) is 2.07. The van der Waals surface area contributed by atoms with Crippen molar-refractivity contribution in [2.24, 2.45) is 0 Å². The molecule has 0 atom stereocenters. The van der Waals surface area contributed by atoms with Crippen LogP contribution in [0.3, 0.4) is 0 Å². The quantitative estimate of drug-likeness (QED) is 0.252. The van der Waals surface area contributed by atoms with Gasteiger partial charge in [0, 0.05) is 13.0 Å². The second-order valence-electron chi connectivity index (χ2n) is 5.63. The fraction of sp³-hybridized carbons (Fsp3) is 0.571. The largest absolute Gasteiger partial charge is 0.469 e. The van der Waals surface area contributed by atoms with Gasteiger partial charge in [0.2, 0.25) is 0 Å². The second kappa shape index (κ2) is 19.4. The molecule has 0 rings (SSSR count). The minimum absolute atomic E-state index is 0.133. The second-order valence-corrected chi connectivity index (χ2v) is 5.63. The Labute approximate surface area is 147 Å². The summed E-state index contributed by atoms with van der Waals surface area (Å²) in [4.78, 5) is 10.9. The Morgan fingerprint density at radius 2 is 1.25 bits per heavy atom. The Balaban J connectivity index is 3.41. The predicted molar refractivity (Wildman–Crippen MR) is 102 cm³/mol. The number of aliphatic hydroxyl groups excluding tert-OH is 1. The number of hydrogen-bond donors (Lipinski definition) is 1. The zero-order valence-corrected chi connectivity index (χ0v) is 15.2. The molecule has 0 aromatic heterocycles. The molecule has 3 heteroatoms. The summed E-state index contributed by atoms with van der Waals surface area (Å²) in [6.45, 7) is 0.311. The first-order valence-corrected chi connectivity index (χ1v) is 9.09. The molecule has 0 saturated carbocycles. The van der Waals surface area contributed by atoms with Crippen LogP contribution in [-0.2, 0) is 9.53 Å². The van der Waals surface area contributed by atoms with Gasteiger partial charge in [-0.1, -0.05) is 55.0 Å². The summed E-state index contributed by atoms with van der Waals surface area (Å²) in [7, 11) is 1.43. The first-order valence-electron chi connectivity index (χ1n) is 9.09. The van der Waals surface area contributed by atoms with Crippen LogP contribution in [0, 0.1) is 0 Å². The van der Waals surface area contributed by atoms with E-state index in [-0.39, 0.29) is 5.97 Å². The fourth-order valence-corrected chi connectivity index (χ4v) is 2.07. The van der Waals surface area contributed by atoms with Gasteiger partial charge < -0.3 is 9.84 Å². The van der Waals surface area contributed by atoms with Crippen LogP contribution >= 0.6 is 0 Å². The minimum Gasteiger partial charge on any atom is -0.469 e. The molecule has 0 aliphatic rings. The van der Waals surface area contributed by atoms with Gasteiger partial charge in [0.05, 0.1) is 7.11 Å². The van der Waals surface area contributed by atoms with E-state index in [1.165, 1.54) is 13.5 Å². The standard InChI is InChI=1S/C21H34O3/c1-24-21(23)19-17-15-13-11-9-7-5-3-2-4-6-8-10-12-14-16-18-20-22/h2,4-5,7-8,10-11,13,22H,3,6,9,12,14-20H2,1H3. The molecular weight excluding hydrogens is 300 g/mol. The summed E-state index contributed by atoms with van der Waals surface area (Å²) in [6.07, 6.45) is 26.9. The SMILES string of the molecule is COC(=O)CCCC=CCC=CCC=CCC=CCCCCCO. The van der Waals surface area contributed by atoms with E-state index >= 15 is 0 Å². The van der Waals surface area contributed by atoms with Crippen LogP contribution in [0.15, 0.2) is 48.6 Å². The van der Waals surface area contributed by atoms with E-state index in [9.17, 15) is 4.79 Å². The van der Waals surface area contributed by atoms with Crippen molar-refractivity contribution >= 4 is 5.97 Å². The average molecular weight is 335 g/mol. The van der Waals surface area contributed by atoms with E-state index < -0.39 is 0 Å². The number of aliphatic hydroxyl groups is 1. The highest BCUT2D eigenvalue weighted by molar-refractivity contribution is 5.69. The molecule has 0 fully saturated rings. The van der Waals surface area contributed by atoms with Crippen LogP contribution in [0.25, 0.3) is 0 Å². The van der Waals surface area contributed by atoms with Crippen LogP contribution in [0.4, 0.5) is 0 Å². The van der Waals surface area contributed by atoms with Crippen LogP contribution in [0.2, 0.25) is 0 Å². The summed E-state index contributed by atoms with van der Waals surface area (Å²) in [5.41, 5.74) is 0. The van der Waals surface area contributed by atoms with Crippen molar-refractivity contribution in [3.05, 3.63) is 48.6 Å². The lowest BCUT2D eigenvalue weighted by molar-refractivity contribution is -0.140. The molecule has 3 nitrogen and oxygen atoms in total. The first-order chi connectivity index (χ1) is 11.8. The summed E-state index contributed by atoms with van der Waals surface area (Å²) in [5, 5.41) is 8.67. The highest BCUT2D eigenvalue weighted by Crippen LogP contribution is 2.01. The smallest absolute Gasteiger partial charge is 0.305 e. The lowest BCUT2D eigenvalue weighted by Gasteiger charge is -1.95. The van der Waals surface area contributed by atoms with Crippen LogP contribution < -0.4 is 0 Å². The molecule has 0 unspecified atom stereocenters. The Morgan fingerprint density at radius 1 is 0.750 bits per heavy atom. The molecule has 1 N–H and O–H groups in total. The summed E-state index contributed by atoms with van der Waals surface area (Å²) >= 11 is 0. The van der Waals surface area contributed by atoms with Gasteiger partial charge in [0.25, 0.3) is 0 Å². The number of esters is 1. The van der Waals surface area contributed by atoms with E-state index in [4.69, 9.17) is 5.11 Å². The van der Waals surface area contributed by atoms with Gasteiger partial charge in [-0.15, -0.1) is 0 Å². The molecule has 0 aliphatic heterocycles. The van der Waals surface area contributed by atoms with Gasteiger partial charge in [0.1, 0.15) is 0 Å². The van der Waals surface area contributed by atoms with Gasteiger partial charge in [0.15, 0.2) is 0 Å². The van der Waals surface area contributed by atoms with Crippen LogP contribution in [0.5, 0.6) is 0 Å². The van der Waals surface area contributed by atoms with Crippen molar-refractivity contribution in [2.75, 3.05) is 13.7 Å². The Morgan fingerprint density at radius 3 is 1.75 bits per heavy atom. The molecule has 0 bridgehead atoms. The minimum atomic E-state index is -0.133. The maximum absolute atomic E-state index is 10.9. The molecule has 24 heavy (non-hydrogen) atoms. The maximum Gasteiger partial charge on any atom is 0.305 e. The van der Waals surface area contributed by atoms with Gasteiger partial charge in [-0.25, -0.2) is 0 Å². The van der Waals surface area contributed by atoms with Crippen molar-refractivity contribution in [1.29, 1.82) is 0 Å². The lowest BCUT2D eigenvalue weighted by Crippen LogP contribution is -1.98. The first kappa shape index (κ1) is 22.4. The van der Waals surface area contributed by atoms with Crippen molar-refractivity contribution < 1.29 is 14.6 Å². The van der Waals surface area contributed by atoms with Crippen molar-refractivity contribution in [2.45, 2.75) is 64.2 Å². The van der Waals surface area contributed by atoms with Gasteiger partial charge in [-0.2, -0.15) is 0 Å². The number of carbonyl (C=O) groups is 1. The zero-order valence-electron chi connectivity index (χ0n) is 15.2. The van der Waals surface area contributed by atoms with Gasteiger partial charge in [-0.05, 0) is 51.4 Å². The van der Waals surface area contributed by atoms with Crippen LogP contribution in [-0.4, -0.2) is 24.8 Å². The lowest BCUT2D eigenvalue weighted by atomic mass is 10.2. The molecule has 136 valence electrons. The topological polar surface area (TPSA) is 46.5 Å². The van der Waals surface area contributed by atoms with E-state index in [1.807, 2.05) is 0 Å². The third kappa shape index (κ3) is 18.4. The Hall–Kier alpha value is -1.61. The number of ether oxygens (including phenoxy) is 1. The number of carbonyl (C=O) groups excluding carboxylic acids is 1. The zero-order chi connectivity index (χ0) is 17.7. The normalized spacial score (nSPS) is 12.2. The predicted octanol–water partition coefficient (Wildman–Crippen LogP) is 5.28. The number of allylic oxidation sites excluding steroid dienone is 8. The van der Waals surface area contributed by atoms with Crippen molar-refractivity contribution in [1.82, 2.24) is 0 Å². The Kier molecular flexibility index (Phi) is 18.1. The average Bonchev–Trinajstić information content (AvgIpc) is 2.60. The molecule has 0 aromatic carbocycles. The van der Waals surface area contributed by atoms with Gasteiger partial charge in [-0.3, -0.25) is 4.79 Å². The van der Waals surface area contributed by atoms with Gasteiger partial charge >= 0.3 is 5.97 Å². The summed E-state index contributed by atoms with van der Waals surface area (Å²) < 4.78 is 4.59. The number of rotatable bonds is 15. The third-order valence-corrected chi connectivity index (χ3v) is 3.49.